The Bertz CT molecular complexity index is 311. The molecule has 1 aromatic rings. The van der Waals surface area contributed by atoms with Gasteiger partial charge in [0.05, 0.1) is 17.7 Å². The highest BCUT2D eigenvalue weighted by molar-refractivity contribution is 7.10. The summed E-state index contributed by atoms with van der Waals surface area (Å²) in [7, 11) is 0. The monoisotopic (exact) mass is 182 g/mol. The zero-order valence-electron chi connectivity index (χ0n) is 6.74. The molecule has 64 valence electrons. The quantitative estimate of drug-likeness (QED) is 0.710. The molecule has 1 atom stereocenters. The number of nitrogens with zero attached hydrogens (tertiary/aromatic N) is 1. The Morgan fingerprint density at radius 2 is 2.50 bits per heavy atom. The van der Waals surface area contributed by atoms with Gasteiger partial charge in [-0.05, 0) is 13.0 Å². The van der Waals surface area contributed by atoms with Crippen LogP contribution < -0.4 is 5.73 Å². The minimum atomic E-state index is -0.722. The highest BCUT2D eigenvalue weighted by Gasteiger charge is 2.21. The van der Waals surface area contributed by atoms with E-state index in [9.17, 15) is 0 Å². The zero-order valence-corrected chi connectivity index (χ0v) is 7.56. The van der Waals surface area contributed by atoms with Crippen LogP contribution in [0.5, 0.6) is 0 Å². The molecule has 0 saturated carbocycles. The Morgan fingerprint density at radius 1 is 1.83 bits per heavy atom. The van der Waals surface area contributed by atoms with Crippen molar-refractivity contribution in [3.63, 3.8) is 0 Å². The summed E-state index contributed by atoms with van der Waals surface area (Å²) < 4.78 is 0. The SMILES string of the molecule is CC(N)(CO)c1cc(C#N)cs1. The van der Waals surface area contributed by atoms with E-state index in [4.69, 9.17) is 16.1 Å². The lowest BCUT2D eigenvalue weighted by atomic mass is 10.0. The van der Waals surface area contributed by atoms with Gasteiger partial charge in [-0.2, -0.15) is 5.26 Å². The van der Waals surface area contributed by atoms with Crippen LogP contribution in [0.1, 0.15) is 17.4 Å². The van der Waals surface area contributed by atoms with Crippen LogP contribution in [-0.4, -0.2) is 11.7 Å². The first kappa shape index (κ1) is 9.20. The van der Waals surface area contributed by atoms with Crippen LogP contribution in [0.3, 0.4) is 0 Å². The fourth-order valence-electron chi connectivity index (χ4n) is 0.772. The molecule has 0 saturated heterocycles. The molecular formula is C8H10N2OS. The lowest BCUT2D eigenvalue weighted by Gasteiger charge is -2.19. The summed E-state index contributed by atoms with van der Waals surface area (Å²) in [5.41, 5.74) is 5.63. The number of aliphatic hydroxyl groups excluding tert-OH is 1. The van der Waals surface area contributed by atoms with Gasteiger partial charge in [0.25, 0.3) is 0 Å². The van der Waals surface area contributed by atoms with E-state index in [2.05, 4.69) is 0 Å². The third kappa shape index (κ3) is 1.64. The molecule has 0 fully saturated rings. The predicted molar refractivity (Wildman–Crippen MR) is 47.7 cm³/mol. The molecule has 1 aromatic heterocycles. The van der Waals surface area contributed by atoms with Gasteiger partial charge >= 0.3 is 0 Å². The molecule has 3 nitrogen and oxygen atoms in total. The van der Waals surface area contributed by atoms with Crippen LogP contribution in [0.25, 0.3) is 0 Å². The largest absolute Gasteiger partial charge is 0.394 e. The van der Waals surface area contributed by atoms with Crippen LogP contribution in [0, 0.1) is 11.3 Å². The number of aliphatic hydroxyl groups is 1. The fourth-order valence-corrected chi connectivity index (χ4v) is 1.68. The smallest absolute Gasteiger partial charge is 0.100 e. The standard InChI is InChI=1S/C8H10N2OS/c1-8(10,5-11)7-2-6(3-9)4-12-7/h2,4,11H,5,10H2,1H3. The second kappa shape index (κ2) is 3.23. The van der Waals surface area contributed by atoms with Crippen molar-refractivity contribution in [3.8, 4) is 6.07 Å². The molecule has 0 amide bonds. The van der Waals surface area contributed by atoms with Crippen molar-refractivity contribution in [1.29, 1.82) is 5.26 Å². The minimum absolute atomic E-state index is 0.113. The van der Waals surface area contributed by atoms with Gasteiger partial charge in [0.15, 0.2) is 0 Å². The summed E-state index contributed by atoms with van der Waals surface area (Å²) >= 11 is 1.40. The minimum Gasteiger partial charge on any atom is -0.394 e. The number of rotatable bonds is 2. The van der Waals surface area contributed by atoms with Crippen molar-refractivity contribution in [2.45, 2.75) is 12.5 Å². The van der Waals surface area contributed by atoms with Gasteiger partial charge in [-0.15, -0.1) is 11.3 Å². The second-order valence-electron chi connectivity index (χ2n) is 2.89. The van der Waals surface area contributed by atoms with E-state index >= 15 is 0 Å². The zero-order chi connectivity index (χ0) is 9.19. The Hall–Kier alpha value is -0.890. The van der Waals surface area contributed by atoms with Gasteiger partial charge in [0.2, 0.25) is 0 Å². The first-order valence-corrected chi connectivity index (χ1v) is 4.37. The number of hydrogen-bond donors (Lipinski definition) is 2. The molecule has 12 heavy (non-hydrogen) atoms. The predicted octanol–water partition coefficient (Wildman–Crippen LogP) is 0.786. The van der Waals surface area contributed by atoms with Crippen molar-refractivity contribution >= 4 is 11.3 Å². The molecule has 0 aliphatic rings. The Balaban J connectivity index is 2.98. The maximum Gasteiger partial charge on any atom is 0.100 e. The molecule has 1 rings (SSSR count). The van der Waals surface area contributed by atoms with E-state index in [0.29, 0.717) is 5.56 Å². The second-order valence-corrected chi connectivity index (χ2v) is 3.80. The highest BCUT2D eigenvalue weighted by atomic mass is 32.1. The molecule has 3 N–H and O–H groups in total. The van der Waals surface area contributed by atoms with Gasteiger partial charge < -0.3 is 10.8 Å². The summed E-state index contributed by atoms with van der Waals surface area (Å²) in [5, 5.41) is 19.2. The van der Waals surface area contributed by atoms with Crippen molar-refractivity contribution in [2.75, 3.05) is 6.61 Å². The summed E-state index contributed by atoms with van der Waals surface area (Å²) in [6.45, 7) is 1.62. The van der Waals surface area contributed by atoms with Crippen LogP contribution in [0.2, 0.25) is 0 Å². The number of hydrogen-bond acceptors (Lipinski definition) is 4. The summed E-state index contributed by atoms with van der Waals surface area (Å²) in [6, 6.07) is 3.73. The van der Waals surface area contributed by atoms with Crippen LogP contribution in [0.15, 0.2) is 11.4 Å². The first-order chi connectivity index (χ1) is 5.60. The van der Waals surface area contributed by atoms with E-state index in [1.807, 2.05) is 6.07 Å². The van der Waals surface area contributed by atoms with Crippen LogP contribution in [-0.2, 0) is 5.54 Å². The third-order valence-electron chi connectivity index (χ3n) is 1.62. The van der Waals surface area contributed by atoms with Gasteiger partial charge in [-0.25, -0.2) is 0 Å². The van der Waals surface area contributed by atoms with Crippen molar-refractivity contribution in [1.82, 2.24) is 0 Å². The van der Waals surface area contributed by atoms with E-state index < -0.39 is 5.54 Å². The molecule has 1 unspecified atom stereocenters. The Kier molecular flexibility index (Phi) is 2.48. The molecule has 4 heteroatoms. The topological polar surface area (TPSA) is 70.0 Å². The summed E-state index contributed by atoms with van der Waals surface area (Å²) in [4.78, 5) is 0.835. The average molecular weight is 182 g/mol. The van der Waals surface area contributed by atoms with E-state index in [-0.39, 0.29) is 6.61 Å². The van der Waals surface area contributed by atoms with Crippen molar-refractivity contribution in [3.05, 3.63) is 21.9 Å². The van der Waals surface area contributed by atoms with Crippen LogP contribution >= 0.6 is 11.3 Å². The summed E-state index contributed by atoms with van der Waals surface area (Å²) in [5.74, 6) is 0. The fraction of sp³-hybridized carbons (Fsp3) is 0.375. The van der Waals surface area contributed by atoms with E-state index in [1.165, 1.54) is 11.3 Å². The van der Waals surface area contributed by atoms with Crippen molar-refractivity contribution in [2.24, 2.45) is 5.73 Å². The number of nitriles is 1. The Labute approximate surface area is 75.1 Å². The maximum atomic E-state index is 8.93. The molecule has 0 spiro atoms. The third-order valence-corrected chi connectivity index (χ3v) is 2.83. The van der Waals surface area contributed by atoms with E-state index in [1.54, 1.807) is 18.4 Å². The first-order valence-electron chi connectivity index (χ1n) is 3.49. The molecule has 0 radical (unpaired) electrons. The lowest BCUT2D eigenvalue weighted by molar-refractivity contribution is 0.212. The number of thiophene rings is 1. The van der Waals surface area contributed by atoms with Gasteiger partial charge in [-0.1, -0.05) is 0 Å². The normalized spacial score (nSPS) is 15.2. The molecule has 0 aromatic carbocycles. The van der Waals surface area contributed by atoms with Gasteiger partial charge in [-0.3, -0.25) is 0 Å². The van der Waals surface area contributed by atoms with Crippen molar-refractivity contribution < 1.29 is 5.11 Å². The average Bonchev–Trinajstić information content (AvgIpc) is 2.52. The Morgan fingerprint density at radius 3 is 2.92 bits per heavy atom. The molecule has 1 heterocycles. The summed E-state index contributed by atoms with van der Waals surface area (Å²) in [6.07, 6.45) is 0. The number of nitrogens with two attached hydrogens (primary N) is 1. The molecular weight excluding hydrogens is 172 g/mol. The highest BCUT2D eigenvalue weighted by Crippen LogP contribution is 2.24. The maximum absolute atomic E-state index is 8.93. The van der Waals surface area contributed by atoms with Gasteiger partial charge in [0.1, 0.15) is 6.07 Å². The molecule has 0 aliphatic heterocycles. The lowest BCUT2D eigenvalue weighted by Crippen LogP contribution is -2.35. The van der Waals surface area contributed by atoms with E-state index in [0.717, 1.165) is 4.88 Å². The van der Waals surface area contributed by atoms with Crippen LogP contribution in [0.4, 0.5) is 0 Å². The van der Waals surface area contributed by atoms with Gasteiger partial charge in [0, 0.05) is 10.3 Å². The molecule has 0 aliphatic carbocycles. The molecule has 0 bridgehead atoms.